The number of hydrogen-bond donors (Lipinski definition) is 2. The summed E-state index contributed by atoms with van der Waals surface area (Å²) in [5.74, 6) is -1.01. The molecule has 1 aromatic rings. The molecule has 0 aliphatic heterocycles. The van der Waals surface area contributed by atoms with Gasteiger partial charge in [-0.3, -0.25) is 4.79 Å². The molecule has 0 radical (unpaired) electrons. The minimum absolute atomic E-state index is 0.0873. The molecule has 1 aliphatic rings. The molecular formula is C21H32N2O5Si. The van der Waals surface area contributed by atoms with Gasteiger partial charge in [-0.05, 0) is 50.0 Å². The van der Waals surface area contributed by atoms with Crippen LogP contribution >= 0.6 is 0 Å². The van der Waals surface area contributed by atoms with E-state index < -0.39 is 26.3 Å². The fourth-order valence-electron chi connectivity index (χ4n) is 2.77. The molecule has 29 heavy (non-hydrogen) atoms. The Morgan fingerprint density at radius 2 is 1.79 bits per heavy atom. The Bertz CT molecular complexity index is 752. The van der Waals surface area contributed by atoms with Crippen molar-refractivity contribution in [2.45, 2.75) is 70.9 Å². The summed E-state index contributed by atoms with van der Waals surface area (Å²) < 4.78 is 11.5. The molecule has 0 saturated heterocycles. The maximum absolute atomic E-state index is 12.4. The number of nitrogens with zero attached hydrogens (tertiary/aromatic N) is 1. The van der Waals surface area contributed by atoms with E-state index in [-0.39, 0.29) is 22.9 Å². The SMILES string of the molecule is C[C@@H](OC(=O)c1ccccc1)C(=O)N/C(=N/O)C1CC(O[Si](C)(C)C(C)(C)C)C1. The van der Waals surface area contributed by atoms with E-state index >= 15 is 0 Å². The van der Waals surface area contributed by atoms with Crippen LogP contribution < -0.4 is 5.32 Å². The molecule has 160 valence electrons. The lowest BCUT2D eigenvalue weighted by Gasteiger charge is -2.44. The van der Waals surface area contributed by atoms with Gasteiger partial charge in [0.05, 0.1) is 5.56 Å². The molecule has 7 nitrogen and oxygen atoms in total. The first-order valence-electron chi connectivity index (χ1n) is 9.91. The molecular weight excluding hydrogens is 388 g/mol. The Morgan fingerprint density at radius 1 is 1.21 bits per heavy atom. The Kier molecular flexibility index (Phi) is 7.23. The fraction of sp³-hybridized carbons (Fsp3) is 0.571. The third kappa shape index (κ3) is 5.90. The smallest absolute Gasteiger partial charge is 0.338 e. The number of nitrogens with one attached hydrogen (secondary N) is 1. The van der Waals surface area contributed by atoms with Crippen LogP contribution in [0.15, 0.2) is 35.5 Å². The fourth-order valence-corrected chi connectivity index (χ4v) is 4.15. The molecule has 0 aromatic heterocycles. The molecule has 1 aliphatic carbocycles. The summed E-state index contributed by atoms with van der Waals surface area (Å²) in [5.41, 5.74) is 0.368. The van der Waals surface area contributed by atoms with Crippen molar-refractivity contribution in [3.05, 3.63) is 35.9 Å². The van der Waals surface area contributed by atoms with Crippen molar-refractivity contribution in [3.63, 3.8) is 0 Å². The van der Waals surface area contributed by atoms with Gasteiger partial charge in [0.25, 0.3) is 5.91 Å². The highest BCUT2D eigenvalue weighted by Crippen LogP contribution is 2.41. The van der Waals surface area contributed by atoms with Crippen molar-refractivity contribution >= 4 is 26.0 Å². The quantitative estimate of drug-likeness (QED) is 0.181. The highest BCUT2D eigenvalue weighted by atomic mass is 28.4. The molecule has 1 aromatic carbocycles. The van der Waals surface area contributed by atoms with Gasteiger partial charge in [0.1, 0.15) is 0 Å². The topological polar surface area (TPSA) is 97.2 Å². The lowest BCUT2D eigenvalue weighted by Crippen LogP contribution is -2.51. The number of oxime groups is 1. The second kappa shape index (κ2) is 9.09. The number of amidine groups is 1. The van der Waals surface area contributed by atoms with Crippen LogP contribution in [0.2, 0.25) is 18.1 Å². The summed E-state index contributed by atoms with van der Waals surface area (Å²) >= 11 is 0. The van der Waals surface area contributed by atoms with Crippen LogP contribution in [0.25, 0.3) is 0 Å². The molecule has 1 fully saturated rings. The van der Waals surface area contributed by atoms with Crippen LogP contribution in [-0.4, -0.2) is 43.4 Å². The van der Waals surface area contributed by atoms with Gasteiger partial charge < -0.3 is 19.7 Å². The number of carbonyl (C=O) groups is 2. The standard InChI is InChI=1S/C21H32N2O5Si/c1-14(27-20(25)15-10-8-7-9-11-15)19(24)22-18(23-26)16-12-17(13-16)28-29(5,6)21(2,3)4/h7-11,14,16-17,26H,12-13H2,1-6H3,(H,22,23,24)/t14-,16?,17?/m1/s1. The minimum Gasteiger partial charge on any atom is -0.449 e. The second-order valence-corrected chi connectivity index (χ2v) is 13.8. The van der Waals surface area contributed by atoms with Crippen molar-refractivity contribution in [1.29, 1.82) is 0 Å². The number of ether oxygens (including phenoxy) is 1. The van der Waals surface area contributed by atoms with Gasteiger partial charge in [-0.25, -0.2) is 4.79 Å². The zero-order chi connectivity index (χ0) is 21.8. The zero-order valence-electron chi connectivity index (χ0n) is 18.1. The van der Waals surface area contributed by atoms with E-state index in [2.05, 4.69) is 44.3 Å². The summed E-state index contributed by atoms with van der Waals surface area (Å²) in [4.78, 5) is 24.4. The van der Waals surface area contributed by atoms with Crippen LogP contribution in [0, 0.1) is 5.92 Å². The normalized spacial score (nSPS) is 21.1. The van der Waals surface area contributed by atoms with Crippen molar-refractivity contribution in [1.82, 2.24) is 5.32 Å². The van der Waals surface area contributed by atoms with Crippen LogP contribution in [0.5, 0.6) is 0 Å². The molecule has 0 spiro atoms. The van der Waals surface area contributed by atoms with Crippen molar-refractivity contribution in [2.24, 2.45) is 11.1 Å². The molecule has 1 amide bonds. The van der Waals surface area contributed by atoms with Gasteiger partial charge in [-0.2, -0.15) is 0 Å². The average molecular weight is 421 g/mol. The maximum Gasteiger partial charge on any atom is 0.338 e. The van der Waals surface area contributed by atoms with Crippen molar-refractivity contribution in [3.8, 4) is 0 Å². The van der Waals surface area contributed by atoms with E-state index in [4.69, 9.17) is 9.16 Å². The Balaban J connectivity index is 1.84. The number of hydrogen-bond acceptors (Lipinski definition) is 6. The lowest BCUT2D eigenvalue weighted by molar-refractivity contribution is -0.127. The number of rotatable bonds is 6. The van der Waals surface area contributed by atoms with E-state index in [1.165, 1.54) is 6.92 Å². The molecule has 0 unspecified atom stereocenters. The van der Waals surface area contributed by atoms with Crippen molar-refractivity contribution < 1.29 is 24.0 Å². The largest absolute Gasteiger partial charge is 0.449 e. The second-order valence-electron chi connectivity index (χ2n) is 9.06. The number of benzene rings is 1. The third-order valence-electron chi connectivity index (χ3n) is 5.77. The van der Waals surface area contributed by atoms with Crippen LogP contribution in [0.4, 0.5) is 0 Å². The van der Waals surface area contributed by atoms with E-state index in [1.54, 1.807) is 30.3 Å². The first-order valence-corrected chi connectivity index (χ1v) is 12.8. The van der Waals surface area contributed by atoms with E-state index in [0.717, 1.165) is 0 Å². The van der Waals surface area contributed by atoms with Gasteiger partial charge in [0.15, 0.2) is 20.3 Å². The van der Waals surface area contributed by atoms with Gasteiger partial charge in [-0.1, -0.05) is 44.1 Å². The highest BCUT2D eigenvalue weighted by Gasteiger charge is 2.44. The molecule has 8 heteroatoms. The summed E-state index contributed by atoms with van der Waals surface area (Å²) in [6, 6.07) is 8.46. The average Bonchev–Trinajstić information content (AvgIpc) is 2.62. The molecule has 1 saturated carbocycles. The third-order valence-corrected chi connectivity index (χ3v) is 10.3. The number of amides is 1. The van der Waals surface area contributed by atoms with Gasteiger partial charge in [0, 0.05) is 12.0 Å². The van der Waals surface area contributed by atoms with Gasteiger partial charge in [0.2, 0.25) is 0 Å². The van der Waals surface area contributed by atoms with Crippen molar-refractivity contribution in [2.75, 3.05) is 0 Å². The Hall–Kier alpha value is -2.19. The highest BCUT2D eigenvalue weighted by molar-refractivity contribution is 6.74. The lowest BCUT2D eigenvalue weighted by atomic mass is 9.81. The number of carbonyl (C=O) groups excluding carboxylic acids is 2. The van der Waals surface area contributed by atoms with Gasteiger partial charge >= 0.3 is 5.97 Å². The summed E-state index contributed by atoms with van der Waals surface area (Å²) in [6.07, 6.45) is 0.455. The predicted octanol–water partition coefficient (Wildman–Crippen LogP) is 3.94. The summed E-state index contributed by atoms with van der Waals surface area (Å²) in [5, 5.41) is 15.3. The van der Waals surface area contributed by atoms with Gasteiger partial charge in [-0.15, -0.1) is 0 Å². The Morgan fingerprint density at radius 3 is 2.31 bits per heavy atom. The number of esters is 1. The minimum atomic E-state index is -1.86. The van der Waals surface area contributed by atoms with E-state index in [9.17, 15) is 14.8 Å². The molecule has 0 heterocycles. The van der Waals surface area contributed by atoms with E-state index in [0.29, 0.717) is 18.4 Å². The van der Waals surface area contributed by atoms with Crippen LogP contribution in [0.3, 0.4) is 0 Å². The summed E-state index contributed by atoms with van der Waals surface area (Å²) in [6.45, 7) is 12.4. The summed E-state index contributed by atoms with van der Waals surface area (Å²) in [7, 11) is -1.86. The molecule has 1 atom stereocenters. The first-order chi connectivity index (χ1) is 13.4. The molecule has 2 rings (SSSR count). The predicted molar refractivity (Wildman–Crippen MR) is 113 cm³/mol. The van der Waals surface area contributed by atoms with E-state index in [1.807, 2.05) is 0 Å². The molecule has 2 N–H and O–H groups in total. The Labute approximate surface area is 173 Å². The van der Waals surface area contributed by atoms with Crippen LogP contribution in [0.1, 0.15) is 50.9 Å². The van der Waals surface area contributed by atoms with Crippen LogP contribution in [-0.2, 0) is 14.0 Å². The monoisotopic (exact) mass is 420 g/mol. The first kappa shape index (κ1) is 23.1. The zero-order valence-corrected chi connectivity index (χ0v) is 19.1. The molecule has 0 bridgehead atoms. The maximum atomic E-state index is 12.4.